The lowest BCUT2D eigenvalue weighted by Crippen LogP contribution is -2.17. The minimum Gasteiger partial charge on any atom is -0.325 e. The van der Waals surface area contributed by atoms with Crippen molar-refractivity contribution < 1.29 is 35.9 Å². The molecule has 2 amide bonds. The monoisotopic (exact) mass is 500 g/mol. The second-order valence-electron chi connectivity index (χ2n) is 6.71. The van der Waals surface area contributed by atoms with Crippen LogP contribution in [0.3, 0.4) is 0 Å². The van der Waals surface area contributed by atoms with Crippen molar-refractivity contribution in [2.45, 2.75) is 17.4 Å². The van der Waals surface area contributed by atoms with E-state index in [1.54, 1.807) is 30.3 Å². The summed E-state index contributed by atoms with van der Waals surface area (Å²) in [6.07, 6.45) is -10.1. The van der Waals surface area contributed by atoms with Crippen molar-refractivity contribution in [1.82, 2.24) is 10.2 Å². The topological polar surface area (TPSA) is 84.0 Å². The van der Waals surface area contributed by atoms with Crippen molar-refractivity contribution in [3.05, 3.63) is 77.4 Å². The van der Waals surface area contributed by atoms with Crippen LogP contribution in [0.25, 0.3) is 0 Å². The Morgan fingerprint density at radius 1 is 0.794 bits per heavy atom. The number of nitrogens with zero attached hydrogens (tertiary/aromatic N) is 2. The van der Waals surface area contributed by atoms with E-state index in [0.717, 1.165) is 11.8 Å². The molecule has 0 atom stereocenters. The fourth-order valence-electron chi connectivity index (χ4n) is 2.61. The van der Waals surface area contributed by atoms with Crippen LogP contribution in [0.2, 0.25) is 0 Å². The van der Waals surface area contributed by atoms with E-state index in [0.29, 0.717) is 17.7 Å². The van der Waals surface area contributed by atoms with Crippen LogP contribution >= 0.6 is 11.8 Å². The molecule has 1 heterocycles. The van der Waals surface area contributed by atoms with E-state index in [1.165, 1.54) is 12.1 Å². The molecule has 34 heavy (non-hydrogen) atoms. The van der Waals surface area contributed by atoms with Gasteiger partial charge in [-0.05, 0) is 42.5 Å². The van der Waals surface area contributed by atoms with Crippen LogP contribution in [0.5, 0.6) is 0 Å². The third-order valence-electron chi connectivity index (χ3n) is 4.14. The van der Waals surface area contributed by atoms with E-state index in [1.807, 2.05) is 5.32 Å². The summed E-state index contributed by atoms with van der Waals surface area (Å²) < 4.78 is 77.6. The number of nitrogens with one attached hydrogen (secondary N) is 2. The number of amides is 2. The molecule has 0 radical (unpaired) electrons. The average Bonchev–Trinajstić information content (AvgIpc) is 2.78. The van der Waals surface area contributed by atoms with Crippen molar-refractivity contribution in [3.63, 3.8) is 0 Å². The molecule has 2 aromatic carbocycles. The number of halogens is 6. The van der Waals surface area contributed by atoms with Crippen LogP contribution in [-0.4, -0.2) is 27.8 Å². The highest BCUT2D eigenvalue weighted by Crippen LogP contribution is 2.37. The predicted octanol–water partition coefficient (Wildman–Crippen LogP) is 5.50. The molecule has 1 aromatic heterocycles. The summed E-state index contributed by atoms with van der Waals surface area (Å²) in [7, 11) is 0. The van der Waals surface area contributed by atoms with E-state index < -0.39 is 41.0 Å². The maximum atomic E-state index is 12.9. The first kappa shape index (κ1) is 25.0. The van der Waals surface area contributed by atoms with Gasteiger partial charge in [-0.3, -0.25) is 9.59 Å². The molecular weight excluding hydrogens is 486 g/mol. The summed E-state index contributed by atoms with van der Waals surface area (Å²) in [6, 6.07) is 12.0. The summed E-state index contributed by atoms with van der Waals surface area (Å²) >= 11 is 0.848. The molecule has 0 aliphatic carbocycles. The number of rotatable bonds is 6. The van der Waals surface area contributed by atoms with E-state index in [-0.39, 0.29) is 22.7 Å². The molecule has 6 nitrogen and oxygen atoms in total. The van der Waals surface area contributed by atoms with Gasteiger partial charge in [-0.25, -0.2) is 0 Å². The van der Waals surface area contributed by atoms with Gasteiger partial charge in [0.15, 0.2) is 5.82 Å². The number of thioether (sulfide) groups is 1. The van der Waals surface area contributed by atoms with Gasteiger partial charge in [-0.15, -0.1) is 10.2 Å². The molecule has 0 unspecified atom stereocenters. The molecule has 0 bridgehead atoms. The minimum absolute atomic E-state index is 0.0296. The van der Waals surface area contributed by atoms with E-state index in [9.17, 15) is 35.9 Å². The zero-order valence-electron chi connectivity index (χ0n) is 16.9. The van der Waals surface area contributed by atoms with Gasteiger partial charge in [0.05, 0.1) is 16.9 Å². The molecule has 2 N–H and O–H groups in total. The van der Waals surface area contributed by atoms with Crippen molar-refractivity contribution in [2.24, 2.45) is 0 Å². The van der Waals surface area contributed by atoms with Crippen LogP contribution in [-0.2, 0) is 17.1 Å². The number of hydrogen-bond donors (Lipinski definition) is 2. The normalized spacial score (nSPS) is 11.7. The van der Waals surface area contributed by atoms with Crippen LogP contribution in [0, 0.1) is 0 Å². The van der Waals surface area contributed by atoms with Crippen molar-refractivity contribution in [1.29, 1.82) is 0 Å². The number of anilines is 2. The quantitative estimate of drug-likeness (QED) is 0.345. The van der Waals surface area contributed by atoms with E-state index in [2.05, 4.69) is 15.5 Å². The number of carbonyl (C=O) groups excluding carboxylic acids is 2. The Morgan fingerprint density at radius 3 is 1.94 bits per heavy atom. The molecule has 0 fully saturated rings. The highest BCUT2D eigenvalue weighted by molar-refractivity contribution is 7.99. The van der Waals surface area contributed by atoms with Crippen LogP contribution in [0.15, 0.2) is 65.7 Å². The molecule has 0 aliphatic heterocycles. The third-order valence-corrected chi connectivity index (χ3v) is 5.06. The first-order valence-electron chi connectivity index (χ1n) is 9.34. The third kappa shape index (κ3) is 6.94. The van der Waals surface area contributed by atoms with Gasteiger partial charge >= 0.3 is 12.4 Å². The predicted molar refractivity (Wildman–Crippen MR) is 112 cm³/mol. The van der Waals surface area contributed by atoms with Crippen LogP contribution in [0.1, 0.15) is 21.5 Å². The fourth-order valence-corrected chi connectivity index (χ4v) is 3.22. The molecule has 0 spiro atoms. The zero-order valence-corrected chi connectivity index (χ0v) is 17.7. The molecule has 0 saturated carbocycles. The fraction of sp³-hybridized carbons (Fsp3) is 0.143. The van der Waals surface area contributed by atoms with Gasteiger partial charge in [0.25, 0.3) is 5.91 Å². The van der Waals surface area contributed by atoms with Crippen molar-refractivity contribution in [2.75, 3.05) is 16.4 Å². The molecular formula is C21H14F6N4O2S. The Hall–Kier alpha value is -3.61. The number of benzene rings is 2. The maximum Gasteiger partial charge on any atom is 0.416 e. The Labute approximate surface area is 192 Å². The average molecular weight is 500 g/mol. The summed E-state index contributed by atoms with van der Waals surface area (Å²) in [5, 5.41) is 12.4. The molecule has 0 aliphatic rings. The molecule has 13 heteroatoms. The second kappa shape index (κ2) is 10.1. The largest absolute Gasteiger partial charge is 0.416 e. The lowest BCUT2D eigenvalue weighted by Gasteiger charge is -2.14. The second-order valence-corrected chi connectivity index (χ2v) is 7.70. The number of aromatic nitrogens is 2. The zero-order chi connectivity index (χ0) is 24.9. The van der Waals surface area contributed by atoms with Gasteiger partial charge in [0, 0.05) is 11.3 Å². The van der Waals surface area contributed by atoms with Crippen LogP contribution in [0.4, 0.5) is 37.8 Å². The summed E-state index contributed by atoms with van der Waals surface area (Å²) in [5.41, 5.74) is -3.31. The first-order valence-corrected chi connectivity index (χ1v) is 10.3. The Kier molecular flexibility index (Phi) is 7.44. The standard InChI is InChI=1S/C21H14F6N4O2S/c22-20(23,24)13-8-14(21(25,26)27)10-15(9-13)28-17(32)11-34-18-7-6-16(30-31-18)29-19(33)12-4-2-1-3-5-12/h1-10H,11H2,(H,28,32)(H,29,30,33). The Morgan fingerprint density at radius 2 is 1.41 bits per heavy atom. The summed E-state index contributed by atoms with van der Waals surface area (Å²) in [6.45, 7) is 0. The Balaban J connectivity index is 1.60. The smallest absolute Gasteiger partial charge is 0.325 e. The highest BCUT2D eigenvalue weighted by atomic mass is 32.2. The summed E-state index contributed by atoms with van der Waals surface area (Å²) in [5.74, 6) is -1.47. The van der Waals surface area contributed by atoms with Crippen molar-refractivity contribution in [3.8, 4) is 0 Å². The molecule has 178 valence electrons. The SMILES string of the molecule is O=C(CSc1ccc(NC(=O)c2ccccc2)nn1)Nc1cc(C(F)(F)F)cc(C(F)(F)F)c1. The van der Waals surface area contributed by atoms with Gasteiger partial charge < -0.3 is 10.6 Å². The first-order chi connectivity index (χ1) is 15.9. The minimum atomic E-state index is -5.03. The highest BCUT2D eigenvalue weighted by Gasteiger charge is 2.37. The lowest BCUT2D eigenvalue weighted by molar-refractivity contribution is -0.143. The number of alkyl halides is 6. The van der Waals surface area contributed by atoms with Gasteiger partial charge in [-0.1, -0.05) is 30.0 Å². The maximum absolute atomic E-state index is 12.9. The van der Waals surface area contributed by atoms with Gasteiger partial charge in [0.2, 0.25) is 5.91 Å². The van der Waals surface area contributed by atoms with Crippen molar-refractivity contribution >= 4 is 35.1 Å². The van der Waals surface area contributed by atoms with Gasteiger partial charge in [0.1, 0.15) is 5.03 Å². The molecule has 3 aromatic rings. The molecule has 3 rings (SSSR count). The van der Waals surface area contributed by atoms with Crippen LogP contribution < -0.4 is 10.6 Å². The summed E-state index contributed by atoms with van der Waals surface area (Å²) in [4.78, 5) is 24.2. The lowest BCUT2D eigenvalue weighted by atomic mass is 10.1. The molecule has 0 saturated heterocycles. The van der Waals surface area contributed by atoms with E-state index >= 15 is 0 Å². The number of carbonyl (C=O) groups is 2. The Bertz CT molecular complexity index is 1140. The number of hydrogen-bond acceptors (Lipinski definition) is 5. The van der Waals surface area contributed by atoms with E-state index in [4.69, 9.17) is 0 Å². The van der Waals surface area contributed by atoms with Gasteiger partial charge in [-0.2, -0.15) is 26.3 Å².